The molecule has 1 aliphatic heterocycles. The molecule has 0 amide bonds. The maximum atomic E-state index is 4.77. The molecule has 3 rings (SSSR count). The zero-order valence-corrected chi connectivity index (χ0v) is 13.3. The van der Waals surface area contributed by atoms with Gasteiger partial charge >= 0.3 is 0 Å². The summed E-state index contributed by atoms with van der Waals surface area (Å²) in [5.41, 5.74) is 4.55. The van der Waals surface area contributed by atoms with Gasteiger partial charge in [0.2, 0.25) is 0 Å². The first-order valence-electron chi connectivity index (χ1n) is 7.49. The van der Waals surface area contributed by atoms with Crippen LogP contribution in [0.2, 0.25) is 0 Å². The standard InChI is InChI=1S/C16H20N4S/c1-3-7-18-15-12-9-21-10-13(12)19-16(20-15)14-11(4-2)6-5-8-17-14/h5-6,8H,3-4,7,9-10H2,1-2H3,(H,18,19,20). The Labute approximate surface area is 129 Å². The molecule has 2 aromatic rings. The number of anilines is 1. The molecule has 0 saturated carbocycles. The van der Waals surface area contributed by atoms with Gasteiger partial charge in [-0.3, -0.25) is 4.98 Å². The van der Waals surface area contributed by atoms with Crippen LogP contribution in [-0.2, 0) is 17.9 Å². The van der Waals surface area contributed by atoms with E-state index in [1.165, 1.54) is 11.1 Å². The monoisotopic (exact) mass is 300 g/mol. The van der Waals surface area contributed by atoms with E-state index in [2.05, 4.69) is 30.2 Å². The van der Waals surface area contributed by atoms with Crippen LogP contribution in [-0.4, -0.2) is 21.5 Å². The summed E-state index contributed by atoms with van der Waals surface area (Å²) >= 11 is 1.90. The highest BCUT2D eigenvalue weighted by Crippen LogP contribution is 2.34. The van der Waals surface area contributed by atoms with Crippen molar-refractivity contribution in [1.82, 2.24) is 15.0 Å². The van der Waals surface area contributed by atoms with Gasteiger partial charge in [0.1, 0.15) is 11.5 Å². The quantitative estimate of drug-likeness (QED) is 0.913. The lowest BCUT2D eigenvalue weighted by atomic mass is 10.1. The molecule has 0 saturated heterocycles. The van der Waals surface area contributed by atoms with E-state index in [4.69, 9.17) is 9.97 Å². The van der Waals surface area contributed by atoms with Gasteiger partial charge in [0, 0.05) is 29.8 Å². The molecule has 0 bridgehead atoms. The molecule has 0 aliphatic carbocycles. The molecule has 0 radical (unpaired) electrons. The van der Waals surface area contributed by atoms with Crippen molar-refractivity contribution < 1.29 is 0 Å². The van der Waals surface area contributed by atoms with E-state index >= 15 is 0 Å². The first-order valence-corrected chi connectivity index (χ1v) is 8.64. The van der Waals surface area contributed by atoms with Crippen molar-refractivity contribution in [1.29, 1.82) is 0 Å². The number of hydrogen-bond acceptors (Lipinski definition) is 5. The van der Waals surface area contributed by atoms with E-state index in [0.29, 0.717) is 0 Å². The minimum Gasteiger partial charge on any atom is -0.370 e. The van der Waals surface area contributed by atoms with Crippen molar-refractivity contribution in [3.8, 4) is 11.5 Å². The number of fused-ring (bicyclic) bond motifs is 1. The molecule has 0 fully saturated rings. The third-order valence-electron chi connectivity index (χ3n) is 3.60. The minimum absolute atomic E-state index is 0.757. The number of hydrogen-bond donors (Lipinski definition) is 1. The van der Waals surface area contributed by atoms with Crippen molar-refractivity contribution >= 4 is 17.6 Å². The maximum absolute atomic E-state index is 4.77. The van der Waals surface area contributed by atoms with Gasteiger partial charge in [-0.1, -0.05) is 19.9 Å². The fourth-order valence-corrected chi connectivity index (χ4v) is 3.51. The van der Waals surface area contributed by atoms with Gasteiger partial charge in [0.15, 0.2) is 5.82 Å². The first kappa shape index (κ1) is 14.3. The molecule has 3 heterocycles. The van der Waals surface area contributed by atoms with E-state index in [9.17, 15) is 0 Å². The molecule has 4 nitrogen and oxygen atoms in total. The first-order chi connectivity index (χ1) is 10.3. The maximum Gasteiger partial charge on any atom is 0.180 e. The second kappa shape index (κ2) is 6.43. The Morgan fingerprint density at radius 1 is 1.24 bits per heavy atom. The van der Waals surface area contributed by atoms with E-state index in [1.807, 2.05) is 24.0 Å². The van der Waals surface area contributed by atoms with Crippen molar-refractivity contribution in [3.05, 3.63) is 35.2 Å². The van der Waals surface area contributed by atoms with E-state index in [-0.39, 0.29) is 0 Å². The third-order valence-corrected chi connectivity index (χ3v) is 4.57. The van der Waals surface area contributed by atoms with E-state index < -0.39 is 0 Å². The lowest BCUT2D eigenvalue weighted by Crippen LogP contribution is -2.09. The number of nitrogens with zero attached hydrogens (tertiary/aromatic N) is 3. The van der Waals surface area contributed by atoms with Crippen LogP contribution in [0.4, 0.5) is 5.82 Å². The van der Waals surface area contributed by atoms with Gasteiger partial charge in [-0.15, -0.1) is 0 Å². The second-order valence-corrected chi connectivity index (χ2v) is 6.09. The predicted molar refractivity (Wildman–Crippen MR) is 88.4 cm³/mol. The van der Waals surface area contributed by atoms with Crippen molar-refractivity contribution in [2.24, 2.45) is 0 Å². The zero-order valence-electron chi connectivity index (χ0n) is 12.5. The number of aryl methyl sites for hydroxylation is 1. The normalized spacial score (nSPS) is 13.2. The highest BCUT2D eigenvalue weighted by Gasteiger charge is 2.21. The largest absolute Gasteiger partial charge is 0.370 e. The number of nitrogens with one attached hydrogen (secondary N) is 1. The Bertz CT molecular complexity index is 642. The van der Waals surface area contributed by atoms with Crippen LogP contribution >= 0.6 is 11.8 Å². The van der Waals surface area contributed by atoms with Crippen LogP contribution in [0, 0.1) is 0 Å². The van der Waals surface area contributed by atoms with Gasteiger partial charge < -0.3 is 5.32 Å². The summed E-state index contributed by atoms with van der Waals surface area (Å²) in [4.78, 5) is 14.0. The molecule has 0 spiro atoms. The van der Waals surface area contributed by atoms with Gasteiger partial charge in [0.05, 0.1) is 5.69 Å². The van der Waals surface area contributed by atoms with Crippen molar-refractivity contribution in [2.75, 3.05) is 11.9 Å². The summed E-state index contributed by atoms with van der Waals surface area (Å²) in [5.74, 6) is 3.73. The summed E-state index contributed by atoms with van der Waals surface area (Å²) in [5, 5.41) is 3.45. The molecule has 1 aliphatic rings. The van der Waals surface area contributed by atoms with Gasteiger partial charge in [0.25, 0.3) is 0 Å². The summed E-state index contributed by atoms with van der Waals surface area (Å²) in [6.45, 7) is 5.24. The van der Waals surface area contributed by atoms with Crippen LogP contribution in [0.15, 0.2) is 18.3 Å². The van der Waals surface area contributed by atoms with Crippen LogP contribution in [0.3, 0.4) is 0 Å². The van der Waals surface area contributed by atoms with Crippen molar-refractivity contribution in [2.45, 2.75) is 38.2 Å². The predicted octanol–water partition coefficient (Wildman–Crippen LogP) is 3.67. The zero-order chi connectivity index (χ0) is 14.7. The molecule has 5 heteroatoms. The lowest BCUT2D eigenvalue weighted by molar-refractivity contribution is 0.951. The third kappa shape index (κ3) is 2.88. The molecule has 110 valence electrons. The summed E-state index contributed by atoms with van der Waals surface area (Å²) in [6.07, 6.45) is 3.85. The van der Waals surface area contributed by atoms with Crippen LogP contribution in [0.25, 0.3) is 11.5 Å². The van der Waals surface area contributed by atoms with Crippen molar-refractivity contribution in [3.63, 3.8) is 0 Å². The Kier molecular flexibility index (Phi) is 4.39. The Morgan fingerprint density at radius 2 is 2.14 bits per heavy atom. The Hall–Kier alpha value is -1.62. The fourth-order valence-electron chi connectivity index (χ4n) is 2.47. The van der Waals surface area contributed by atoms with Gasteiger partial charge in [-0.25, -0.2) is 9.97 Å². The molecular weight excluding hydrogens is 280 g/mol. The molecule has 0 aromatic carbocycles. The molecule has 0 atom stereocenters. The number of rotatable bonds is 5. The molecule has 1 N–H and O–H groups in total. The Morgan fingerprint density at radius 3 is 2.95 bits per heavy atom. The Balaban J connectivity index is 2.07. The number of pyridine rings is 1. The molecular formula is C16H20N4S. The smallest absolute Gasteiger partial charge is 0.180 e. The topological polar surface area (TPSA) is 50.7 Å². The van der Waals surface area contributed by atoms with Crippen LogP contribution in [0.1, 0.15) is 37.1 Å². The molecule has 21 heavy (non-hydrogen) atoms. The highest BCUT2D eigenvalue weighted by atomic mass is 32.2. The van der Waals surface area contributed by atoms with Crippen LogP contribution in [0.5, 0.6) is 0 Å². The second-order valence-electron chi connectivity index (χ2n) is 5.11. The minimum atomic E-state index is 0.757. The number of aromatic nitrogens is 3. The lowest BCUT2D eigenvalue weighted by Gasteiger charge is -2.12. The van der Waals surface area contributed by atoms with E-state index in [0.717, 1.165) is 53.9 Å². The average Bonchev–Trinajstić information content (AvgIpc) is 3.01. The number of thioether (sulfide) groups is 1. The van der Waals surface area contributed by atoms with E-state index in [1.54, 1.807) is 0 Å². The van der Waals surface area contributed by atoms with Gasteiger partial charge in [-0.05, 0) is 24.5 Å². The fraction of sp³-hybridized carbons (Fsp3) is 0.438. The summed E-state index contributed by atoms with van der Waals surface area (Å²) in [7, 11) is 0. The summed E-state index contributed by atoms with van der Waals surface area (Å²) in [6, 6.07) is 4.08. The SMILES string of the molecule is CCCNc1nc(-c2ncccc2CC)nc2c1CSC2. The average molecular weight is 300 g/mol. The molecule has 0 unspecified atom stereocenters. The van der Waals surface area contributed by atoms with Crippen LogP contribution < -0.4 is 5.32 Å². The molecule has 2 aromatic heterocycles. The van der Waals surface area contributed by atoms with Gasteiger partial charge in [-0.2, -0.15) is 11.8 Å². The summed E-state index contributed by atoms with van der Waals surface area (Å²) < 4.78 is 0. The highest BCUT2D eigenvalue weighted by molar-refractivity contribution is 7.98.